The predicted octanol–water partition coefficient (Wildman–Crippen LogP) is 4.91. The topological polar surface area (TPSA) is 71.1 Å². The smallest absolute Gasteiger partial charge is 0.343 e. The molecule has 0 radical (unpaired) electrons. The zero-order valence-corrected chi connectivity index (χ0v) is 17.4. The molecule has 0 amide bonds. The van der Waals surface area contributed by atoms with Crippen molar-refractivity contribution in [1.82, 2.24) is 0 Å². The Balaban J connectivity index is 1.56. The summed E-state index contributed by atoms with van der Waals surface area (Å²) in [6.07, 6.45) is 1.73. The van der Waals surface area contributed by atoms with Gasteiger partial charge in [-0.2, -0.15) is 0 Å². The first-order valence-corrected chi connectivity index (χ1v) is 9.94. The highest BCUT2D eigenvalue weighted by Crippen LogP contribution is 2.36. The van der Waals surface area contributed by atoms with Crippen LogP contribution in [-0.2, 0) is 0 Å². The predicted molar refractivity (Wildman–Crippen MR) is 113 cm³/mol. The van der Waals surface area contributed by atoms with Crippen LogP contribution in [0.15, 0.2) is 53.6 Å². The van der Waals surface area contributed by atoms with Gasteiger partial charge in [-0.05, 0) is 48.2 Å². The van der Waals surface area contributed by atoms with Crippen LogP contribution in [0.1, 0.15) is 31.2 Å². The number of Topliss-reactive ketones (excluding diaryl/α,β-unsaturated/α-hetero) is 1. The van der Waals surface area contributed by atoms with Crippen molar-refractivity contribution in [2.75, 3.05) is 14.2 Å². The van der Waals surface area contributed by atoms with Crippen LogP contribution in [0.2, 0.25) is 0 Å². The van der Waals surface area contributed by atoms with Gasteiger partial charge in [-0.25, -0.2) is 4.79 Å². The molecule has 2 heterocycles. The monoisotopic (exact) mass is 422 g/mol. The van der Waals surface area contributed by atoms with Gasteiger partial charge >= 0.3 is 5.97 Å². The number of hydrogen-bond donors (Lipinski definition) is 0. The Kier molecular flexibility index (Phi) is 5.29. The van der Waals surface area contributed by atoms with Crippen LogP contribution in [0, 0.1) is 6.92 Å². The molecule has 152 valence electrons. The van der Waals surface area contributed by atoms with Gasteiger partial charge in [0.25, 0.3) is 0 Å². The number of thiophene rings is 1. The van der Waals surface area contributed by atoms with Crippen LogP contribution in [0.5, 0.6) is 23.0 Å². The van der Waals surface area contributed by atoms with Crippen molar-refractivity contribution in [1.29, 1.82) is 0 Å². The minimum atomic E-state index is -0.582. The molecule has 1 aliphatic heterocycles. The lowest BCUT2D eigenvalue weighted by Gasteiger charge is -2.09. The van der Waals surface area contributed by atoms with Crippen LogP contribution in [0.3, 0.4) is 0 Å². The number of benzene rings is 2. The third-order valence-corrected chi connectivity index (χ3v) is 5.57. The van der Waals surface area contributed by atoms with Crippen LogP contribution >= 0.6 is 11.3 Å². The summed E-state index contributed by atoms with van der Waals surface area (Å²) in [4.78, 5) is 26.1. The van der Waals surface area contributed by atoms with Gasteiger partial charge in [0.15, 0.2) is 5.76 Å². The summed E-state index contributed by atoms with van der Waals surface area (Å²) in [7, 11) is 3.00. The summed E-state index contributed by atoms with van der Waals surface area (Å²) in [6, 6.07) is 11.4. The minimum absolute atomic E-state index is 0.201. The molecule has 4 rings (SSSR count). The molecule has 30 heavy (non-hydrogen) atoms. The number of rotatable bonds is 5. The van der Waals surface area contributed by atoms with E-state index in [0.29, 0.717) is 22.8 Å². The fraction of sp³-hybridized carbons (Fsp3) is 0.130. The Labute approximate surface area is 177 Å². The Morgan fingerprint density at radius 2 is 1.73 bits per heavy atom. The van der Waals surface area contributed by atoms with Crippen molar-refractivity contribution >= 4 is 29.2 Å². The molecule has 0 bridgehead atoms. The fourth-order valence-corrected chi connectivity index (χ4v) is 3.82. The average molecular weight is 422 g/mol. The van der Waals surface area contributed by atoms with E-state index in [4.69, 9.17) is 18.9 Å². The molecular formula is C23H18O6S. The van der Waals surface area contributed by atoms with Gasteiger partial charge in [-0.1, -0.05) is 0 Å². The van der Waals surface area contributed by atoms with E-state index in [2.05, 4.69) is 0 Å². The fourth-order valence-electron chi connectivity index (χ4n) is 2.97. The van der Waals surface area contributed by atoms with Gasteiger partial charge in [0.2, 0.25) is 5.78 Å². The molecular weight excluding hydrogens is 404 g/mol. The molecule has 0 fully saturated rings. The standard InChI is InChI=1S/C23H18O6S/c1-13-6-7-30-21(13)12-20-22(24)18-5-4-15(11-19(18)29-20)28-23(25)14-8-16(26-2)10-17(9-14)27-3/h4-12H,1-3H3/b20-12-. The summed E-state index contributed by atoms with van der Waals surface area (Å²) < 4.78 is 21.6. The lowest BCUT2D eigenvalue weighted by Crippen LogP contribution is -2.09. The number of esters is 1. The molecule has 0 unspecified atom stereocenters. The summed E-state index contributed by atoms with van der Waals surface area (Å²) in [5.74, 6) is 1.03. The van der Waals surface area contributed by atoms with Crippen LogP contribution in [0.25, 0.3) is 6.08 Å². The molecule has 1 aromatic heterocycles. The molecule has 0 atom stereocenters. The lowest BCUT2D eigenvalue weighted by molar-refractivity contribution is 0.0733. The highest BCUT2D eigenvalue weighted by atomic mass is 32.1. The zero-order chi connectivity index (χ0) is 21.3. The third-order valence-electron chi connectivity index (χ3n) is 4.60. The molecule has 1 aliphatic rings. The van der Waals surface area contributed by atoms with Crippen molar-refractivity contribution in [2.24, 2.45) is 0 Å². The zero-order valence-electron chi connectivity index (χ0n) is 16.6. The summed E-state index contributed by atoms with van der Waals surface area (Å²) in [5, 5.41) is 1.96. The molecule has 2 aromatic carbocycles. The molecule has 0 aliphatic carbocycles. The number of carbonyl (C=O) groups is 2. The Morgan fingerprint density at radius 3 is 2.37 bits per heavy atom. The number of ether oxygens (including phenoxy) is 4. The SMILES string of the molecule is COc1cc(OC)cc(C(=O)Oc2ccc3c(c2)O/C(=C\c2sccc2C)C3=O)c1. The van der Waals surface area contributed by atoms with Crippen molar-refractivity contribution < 1.29 is 28.5 Å². The number of hydrogen-bond acceptors (Lipinski definition) is 7. The van der Waals surface area contributed by atoms with Gasteiger partial charge in [-0.15, -0.1) is 11.3 Å². The number of fused-ring (bicyclic) bond motifs is 1. The van der Waals surface area contributed by atoms with E-state index in [9.17, 15) is 9.59 Å². The summed E-state index contributed by atoms with van der Waals surface area (Å²) >= 11 is 1.53. The van der Waals surface area contributed by atoms with Crippen molar-refractivity contribution in [2.45, 2.75) is 6.92 Å². The van der Waals surface area contributed by atoms with Crippen molar-refractivity contribution in [3.63, 3.8) is 0 Å². The van der Waals surface area contributed by atoms with E-state index in [-0.39, 0.29) is 22.9 Å². The second-order valence-corrected chi connectivity index (χ2v) is 7.50. The van der Waals surface area contributed by atoms with E-state index in [1.807, 2.05) is 18.4 Å². The van der Waals surface area contributed by atoms with Crippen LogP contribution in [-0.4, -0.2) is 26.0 Å². The van der Waals surface area contributed by atoms with Gasteiger partial charge in [-0.3, -0.25) is 4.79 Å². The number of carbonyl (C=O) groups excluding carboxylic acids is 2. The van der Waals surface area contributed by atoms with Crippen molar-refractivity contribution in [3.8, 4) is 23.0 Å². The molecule has 3 aromatic rings. The minimum Gasteiger partial charge on any atom is -0.497 e. The second kappa shape index (κ2) is 8.04. The molecule has 0 N–H and O–H groups in total. The first-order chi connectivity index (χ1) is 14.5. The quantitative estimate of drug-likeness (QED) is 0.331. The largest absolute Gasteiger partial charge is 0.497 e. The van der Waals surface area contributed by atoms with E-state index in [1.54, 1.807) is 36.4 Å². The van der Waals surface area contributed by atoms with E-state index in [1.165, 1.54) is 31.6 Å². The Hall–Kier alpha value is -3.58. The summed E-state index contributed by atoms with van der Waals surface area (Å²) in [5.41, 5.74) is 1.78. The Bertz CT molecular complexity index is 1150. The molecule has 0 saturated carbocycles. The number of allylic oxidation sites excluding steroid dienone is 1. The third kappa shape index (κ3) is 3.79. The maximum atomic E-state index is 12.6. The maximum Gasteiger partial charge on any atom is 0.343 e. The lowest BCUT2D eigenvalue weighted by atomic mass is 10.1. The van der Waals surface area contributed by atoms with E-state index < -0.39 is 5.97 Å². The first-order valence-electron chi connectivity index (χ1n) is 9.06. The molecule has 6 nitrogen and oxygen atoms in total. The summed E-state index contributed by atoms with van der Waals surface area (Å²) in [6.45, 7) is 1.97. The second-order valence-electron chi connectivity index (χ2n) is 6.56. The highest BCUT2D eigenvalue weighted by Gasteiger charge is 2.28. The van der Waals surface area contributed by atoms with E-state index >= 15 is 0 Å². The molecule has 0 saturated heterocycles. The van der Waals surface area contributed by atoms with Crippen LogP contribution < -0.4 is 18.9 Å². The number of aryl methyl sites for hydroxylation is 1. The molecule has 7 heteroatoms. The van der Waals surface area contributed by atoms with Gasteiger partial charge in [0, 0.05) is 23.1 Å². The number of methoxy groups -OCH3 is 2. The Morgan fingerprint density at radius 1 is 1.00 bits per heavy atom. The van der Waals surface area contributed by atoms with Gasteiger partial charge in [0.05, 0.1) is 25.3 Å². The first kappa shape index (κ1) is 19.7. The van der Waals surface area contributed by atoms with E-state index in [0.717, 1.165) is 10.4 Å². The van der Waals surface area contributed by atoms with Gasteiger partial charge in [0.1, 0.15) is 23.0 Å². The van der Waals surface area contributed by atoms with Crippen molar-refractivity contribution in [3.05, 3.63) is 75.2 Å². The normalized spacial score (nSPS) is 13.7. The highest BCUT2D eigenvalue weighted by molar-refractivity contribution is 7.11. The molecule has 0 spiro atoms. The van der Waals surface area contributed by atoms with Gasteiger partial charge < -0.3 is 18.9 Å². The average Bonchev–Trinajstić information content (AvgIpc) is 3.30. The number of ketones is 1. The maximum absolute atomic E-state index is 12.6. The van der Waals surface area contributed by atoms with Crippen LogP contribution in [0.4, 0.5) is 0 Å².